The Morgan fingerprint density at radius 3 is 1.75 bits per heavy atom. The fraction of sp³-hybridized carbons (Fsp3) is 0.0408. The number of nitrogens with zero attached hydrogens (tertiary/aromatic N) is 1. The molecule has 0 bridgehead atoms. The molecule has 0 spiro atoms. The maximum absolute atomic E-state index is 6.56. The Bertz CT molecular complexity index is 2770. The molecule has 4 nitrogen and oxygen atoms in total. The highest BCUT2D eigenvalue weighted by atomic mass is 16.3. The number of benzene rings is 8. The number of fused-ring (bicyclic) bond motifs is 4. The van der Waals surface area contributed by atoms with E-state index in [1.165, 1.54) is 33.0 Å². The second-order valence-electron chi connectivity index (χ2n) is 13.7. The normalized spacial score (nSPS) is 15.7. The first-order valence-electron chi connectivity index (χ1n) is 18.1. The summed E-state index contributed by atoms with van der Waals surface area (Å²) in [5.74, 6) is 0.844. The van der Waals surface area contributed by atoms with Crippen molar-refractivity contribution in [2.24, 2.45) is 4.99 Å². The summed E-state index contributed by atoms with van der Waals surface area (Å²) >= 11 is 0. The number of nitrogens with one attached hydrogen (secondary N) is 2. The summed E-state index contributed by atoms with van der Waals surface area (Å²) in [7, 11) is 0. The van der Waals surface area contributed by atoms with Gasteiger partial charge in [0.15, 0.2) is 0 Å². The molecule has 1 aliphatic rings. The zero-order valence-electron chi connectivity index (χ0n) is 28.9. The van der Waals surface area contributed by atoms with Crippen LogP contribution in [0.25, 0.3) is 66.1 Å². The lowest BCUT2D eigenvalue weighted by Gasteiger charge is -2.32. The van der Waals surface area contributed by atoms with Crippen molar-refractivity contribution >= 4 is 38.5 Å². The number of hydrogen-bond acceptors (Lipinski definition) is 4. The smallest absolute Gasteiger partial charge is 0.136 e. The molecule has 10 rings (SSSR count). The van der Waals surface area contributed by atoms with E-state index in [4.69, 9.17) is 9.41 Å². The van der Waals surface area contributed by atoms with E-state index in [9.17, 15) is 0 Å². The average Bonchev–Trinajstić information content (AvgIpc) is 3.62. The molecule has 8 aromatic carbocycles. The highest BCUT2D eigenvalue weighted by Crippen LogP contribution is 2.38. The summed E-state index contributed by atoms with van der Waals surface area (Å²) in [6.07, 6.45) is -0.460. The van der Waals surface area contributed by atoms with Crippen LogP contribution in [0.3, 0.4) is 0 Å². The van der Waals surface area contributed by atoms with Gasteiger partial charge in [-0.3, -0.25) is 5.32 Å². The van der Waals surface area contributed by atoms with Gasteiger partial charge in [0.2, 0.25) is 0 Å². The Hall–Kier alpha value is -6.75. The van der Waals surface area contributed by atoms with Gasteiger partial charge in [-0.15, -0.1) is 0 Å². The van der Waals surface area contributed by atoms with E-state index >= 15 is 0 Å². The van der Waals surface area contributed by atoms with Crippen LogP contribution >= 0.6 is 0 Å². The Morgan fingerprint density at radius 2 is 1.02 bits per heavy atom. The Labute approximate surface area is 308 Å². The number of aliphatic imine (C=N–C) groups is 1. The first-order chi connectivity index (χ1) is 26.2. The molecule has 2 heterocycles. The molecule has 0 saturated heterocycles. The van der Waals surface area contributed by atoms with Gasteiger partial charge >= 0.3 is 0 Å². The molecule has 2 atom stereocenters. The van der Waals surface area contributed by atoms with Gasteiger partial charge in [-0.1, -0.05) is 164 Å². The lowest BCUT2D eigenvalue weighted by Crippen LogP contribution is -2.45. The van der Waals surface area contributed by atoms with Crippen LogP contribution in [0.15, 0.2) is 197 Å². The van der Waals surface area contributed by atoms with E-state index in [2.05, 4.69) is 187 Å². The third kappa shape index (κ3) is 5.85. The van der Waals surface area contributed by atoms with Crippen molar-refractivity contribution < 1.29 is 4.42 Å². The summed E-state index contributed by atoms with van der Waals surface area (Å²) in [6.45, 7) is 0. The monoisotopic (exact) mass is 681 g/mol. The van der Waals surface area contributed by atoms with E-state index < -0.39 is 0 Å². The van der Waals surface area contributed by atoms with Crippen molar-refractivity contribution in [2.75, 3.05) is 0 Å². The quantitative estimate of drug-likeness (QED) is 0.184. The lowest BCUT2D eigenvalue weighted by molar-refractivity contribution is 0.411. The van der Waals surface area contributed by atoms with Crippen LogP contribution in [-0.2, 0) is 0 Å². The first kappa shape index (κ1) is 31.0. The molecule has 1 aliphatic heterocycles. The zero-order valence-corrected chi connectivity index (χ0v) is 28.9. The summed E-state index contributed by atoms with van der Waals surface area (Å²) < 4.78 is 6.56. The maximum atomic E-state index is 6.56. The van der Waals surface area contributed by atoms with Crippen molar-refractivity contribution in [3.8, 4) is 33.4 Å². The predicted octanol–water partition coefficient (Wildman–Crippen LogP) is 12.1. The highest BCUT2D eigenvalue weighted by Gasteiger charge is 2.28. The van der Waals surface area contributed by atoms with Crippen molar-refractivity contribution in [2.45, 2.75) is 12.3 Å². The van der Waals surface area contributed by atoms with Crippen LogP contribution in [0.2, 0.25) is 0 Å². The van der Waals surface area contributed by atoms with Crippen molar-refractivity contribution in [3.63, 3.8) is 0 Å². The molecular formula is C49H35N3O. The average molecular weight is 682 g/mol. The van der Waals surface area contributed by atoms with E-state index in [-0.39, 0.29) is 12.3 Å². The van der Waals surface area contributed by atoms with Crippen LogP contribution in [0, 0.1) is 0 Å². The van der Waals surface area contributed by atoms with E-state index in [0.29, 0.717) is 0 Å². The third-order valence-electron chi connectivity index (χ3n) is 10.4. The fourth-order valence-electron chi connectivity index (χ4n) is 7.62. The highest BCUT2D eigenvalue weighted by molar-refractivity contribution is 6.08. The van der Waals surface area contributed by atoms with Crippen LogP contribution in [-0.4, -0.2) is 5.84 Å². The molecule has 53 heavy (non-hydrogen) atoms. The van der Waals surface area contributed by atoms with Gasteiger partial charge in [0.05, 0.1) is 0 Å². The molecule has 0 radical (unpaired) electrons. The topological polar surface area (TPSA) is 49.6 Å². The van der Waals surface area contributed by atoms with Gasteiger partial charge in [-0.05, 0) is 74.0 Å². The molecule has 0 saturated carbocycles. The van der Waals surface area contributed by atoms with Gasteiger partial charge < -0.3 is 9.73 Å². The van der Waals surface area contributed by atoms with Crippen LogP contribution < -0.4 is 10.6 Å². The minimum Gasteiger partial charge on any atom is -0.456 e. The molecular weight excluding hydrogens is 647 g/mol. The molecule has 0 aliphatic carbocycles. The lowest BCUT2D eigenvalue weighted by atomic mass is 9.98. The SMILES string of the molecule is c1ccc(-c2ccc(-c3ccc(C4=NC(c5ccccc5)NC(c5cccc6oc7cc(-c8ccc9ccccc9c8)ccc7c56)N4)cc3)cc2)cc1. The molecule has 2 unspecified atom stereocenters. The molecule has 4 heteroatoms. The van der Waals surface area contributed by atoms with Gasteiger partial charge in [0.25, 0.3) is 0 Å². The van der Waals surface area contributed by atoms with E-state index in [1.807, 2.05) is 12.1 Å². The molecule has 1 aromatic heterocycles. The minimum absolute atomic E-state index is 0.220. The Balaban J connectivity index is 0.993. The van der Waals surface area contributed by atoms with Gasteiger partial charge in [-0.2, -0.15) is 0 Å². The predicted molar refractivity (Wildman–Crippen MR) is 219 cm³/mol. The second-order valence-corrected chi connectivity index (χ2v) is 13.7. The van der Waals surface area contributed by atoms with Crippen LogP contribution in [0.1, 0.15) is 29.0 Å². The summed E-state index contributed by atoms with van der Waals surface area (Å²) in [6, 6.07) is 66.4. The zero-order chi connectivity index (χ0) is 35.1. The van der Waals surface area contributed by atoms with Crippen LogP contribution in [0.4, 0.5) is 0 Å². The standard InChI is InChI=1S/C49H35N3O/c1-3-10-32(11-4-1)34-18-20-35(21-19-34)36-22-25-38(26-23-36)48-50-47(37-13-5-2-6-14-37)51-49(52-48)43-16-9-17-44-46(43)42-29-28-41(31-45(42)53-44)40-27-24-33-12-7-8-15-39(33)30-40/h1-31,47,49,51H,(H,50,52). The van der Waals surface area contributed by atoms with Gasteiger partial charge in [0, 0.05) is 21.9 Å². The Morgan fingerprint density at radius 1 is 0.434 bits per heavy atom. The number of furan rings is 1. The number of hydrogen-bond donors (Lipinski definition) is 2. The molecule has 0 fully saturated rings. The van der Waals surface area contributed by atoms with Crippen molar-refractivity contribution in [1.82, 2.24) is 10.6 Å². The van der Waals surface area contributed by atoms with Gasteiger partial charge in [-0.25, -0.2) is 4.99 Å². The van der Waals surface area contributed by atoms with Crippen molar-refractivity contribution in [3.05, 3.63) is 205 Å². The van der Waals surface area contributed by atoms with Crippen molar-refractivity contribution in [1.29, 1.82) is 0 Å². The molecule has 9 aromatic rings. The maximum Gasteiger partial charge on any atom is 0.136 e. The minimum atomic E-state index is -0.240. The second kappa shape index (κ2) is 13.1. The number of amidine groups is 1. The summed E-state index contributed by atoms with van der Waals surface area (Å²) in [4.78, 5) is 5.21. The van der Waals surface area contributed by atoms with Crippen LogP contribution in [0.5, 0.6) is 0 Å². The molecule has 2 N–H and O–H groups in total. The molecule has 0 amide bonds. The van der Waals surface area contributed by atoms with E-state index in [1.54, 1.807) is 0 Å². The van der Waals surface area contributed by atoms with E-state index in [0.717, 1.165) is 55.6 Å². The molecule has 252 valence electrons. The third-order valence-corrected chi connectivity index (χ3v) is 10.4. The Kier molecular flexibility index (Phi) is 7.67. The summed E-state index contributed by atoms with van der Waals surface area (Å²) in [5, 5.41) is 12.2. The number of rotatable bonds is 6. The summed E-state index contributed by atoms with van der Waals surface area (Å²) in [5.41, 5.74) is 12.1. The largest absolute Gasteiger partial charge is 0.456 e. The van der Waals surface area contributed by atoms with Gasteiger partial charge in [0.1, 0.15) is 29.3 Å². The first-order valence-corrected chi connectivity index (χ1v) is 18.1. The fourth-order valence-corrected chi connectivity index (χ4v) is 7.62.